The molecule has 96 valence electrons. The molecule has 0 aromatic heterocycles. The van der Waals surface area contributed by atoms with Gasteiger partial charge in [-0.2, -0.15) is 0 Å². The second kappa shape index (κ2) is 6.50. The summed E-state index contributed by atoms with van der Waals surface area (Å²) in [5.74, 6) is 1.39. The molecule has 0 bridgehead atoms. The lowest BCUT2D eigenvalue weighted by Gasteiger charge is -2.22. The Balaban J connectivity index is 2.96. The van der Waals surface area contributed by atoms with Gasteiger partial charge in [0.15, 0.2) is 0 Å². The maximum absolute atomic E-state index is 8.87. The van der Waals surface area contributed by atoms with E-state index in [4.69, 9.17) is 9.84 Å². The molecule has 0 atom stereocenters. The fraction of sp³-hybridized carbons (Fsp3) is 0.571. The van der Waals surface area contributed by atoms with Crippen molar-refractivity contribution in [2.75, 3.05) is 32.2 Å². The predicted molar refractivity (Wildman–Crippen MR) is 72.1 cm³/mol. The van der Waals surface area contributed by atoms with Crippen LogP contribution in [0, 0.1) is 0 Å². The second-order valence-corrected chi connectivity index (χ2v) is 4.58. The third-order valence-electron chi connectivity index (χ3n) is 2.93. The van der Waals surface area contributed by atoms with Gasteiger partial charge in [-0.3, -0.25) is 0 Å². The van der Waals surface area contributed by atoms with E-state index >= 15 is 0 Å². The zero-order chi connectivity index (χ0) is 12.8. The van der Waals surface area contributed by atoms with Crippen LogP contribution in [0.2, 0.25) is 0 Å². The Bertz CT molecular complexity index is 350. The molecule has 17 heavy (non-hydrogen) atoms. The summed E-state index contributed by atoms with van der Waals surface area (Å²) in [6.07, 6.45) is 0.769. The monoisotopic (exact) mass is 237 g/mol. The number of ether oxygens (including phenoxy) is 1. The molecule has 0 saturated heterocycles. The molecule has 1 N–H and O–H groups in total. The minimum atomic E-state index is 0.219. The standard InChI is InChI=1S/C14H23NO2/c1-11(2)12-6-7-14(17-4)13(10-12)15(3)8-5-9-16/h6-7,10-11,16H,5,8-9H2,1-4H3. The molecule has 0 heterocycles. The highest BCUT2D eigenvalue weighted by atomic mass is 16.5. The van der Waals surface area contributed by atoms with Gasteiger partial charge >= 0.3 is 0 Å². The van der Waals surface area contributed by atoms with Crippen molar-refractivity contribution in [1.29, 1.82) is 0 Å². The van der Waals surface area contributed by atoms with Crippen molar-refractivity contribution >= 4 is 5.69 Å². The Hall–Kier alpha value is -1.22. The van der Waals surface area contributed by atoms with Crippen molar-refractivity contribution in [3.8, 4) is 5.75 Å². The molecule has 1 aromatic carbocycles. The molecule has 3 heteroatoms. The summed E-state index contributed by atoms with van der Waals surface area (Å²) in [5.41, 5.74) is 2.39. The van der Waals surface area contributed by atoms with Crippen LogP contribution in [-0.4, -0.2) is 32.4 Å². The van der Waals surface area contributed by atoms with Crippen LogP contribution in [0.1, 0.15) is 31.7 Å². The van der Waals surface area contributed by atoms with E-state index in [9.17, 15) is 0 Å². The number of aliphatic hydroxyl groups is 1. The lowest BCUT2D eigenvalue weighted by atomic mass is 10.0. The van der Waals surface area contributed by atoms with Crippen LogP contribution >= 0.6 is 0 Å². The van der Waals surface area contributed by atoms with Crippen LogP contribution < -0.4 is 9.64 Å². The van der Waals surface area contributed by atoms with E-state index in [2.05, 4.69) is 30.9 Å². The van der Waals surface area contributed by atoms with E-state index in [-0.39, 0.29) is 6.61 Å². The minimum absolute atomic E-state index is 0.219. The van der Waals surface area contributed by atoms with Crippen molar-refractivity contribution < 1.29 is 9.84 Å². The second-order valence-electron chi connectivity index (χ2n) is 4.58. The first-order valence-electron chi connectivity index (χ1n) is 6.10. The lowest BCUT2D eigenvalue weighted by Crippen LogP contribution is -2.20. The Kier molecular flexibility index (Phi) is 5.29. The number of rotatable bonds is 6. The van der Waals surface area contributed by atoms with E-state index in [0.717, 1.165) is 24.4 Å². The SMILES string of the molecule is COc1ccc(C(C)C)cc1N(C)CCCO. The molecule has 3 nitrogen and oxygen atoms in total. The van der Waals surface area contributed by atoms with E-state index in [1.165, 1.54) is 5.56 Å². The van der Waals surface area contributed by atoms with Gasteiger partial charge in [-0.05, 0) is 30.0 Å². The summed E-state index contributed by atoms with van der Waals surface area (Å²) >= 11 is 0. The van der Waals surface area contributed by atoms with Gasteiger partial charge < -0.3 is 14.7 Å². The number of anilines is 1. The first kappa shape index (κ1) is 13.8. The first-order valence-corrected chi connectivity index (χ1v) is 6.10. The summed E-state index contributed by atoms with van der Waals surface area (Å²) in [5, 5.41) is 8.87. The molecule has 1 aromatic rings. The summed E-state index contributed by atoms with van der Waals surface area (Å²) < 4.78 is 5.38. The molecule has 0 radical (unpaired) electrons. The van der Waals surface area contributed by atoms with Gasteiger partial charge in [-0.1, -0.05) is 19.9 Å². The Morgan fingerprint density at radius 2 is 2.06 bits per heavy atom. The Morgan fingerprint density at radius 3 is 2.59 bits per heavy atom. The van der Waals surface area contributed by atoms with Gasteiger partial charge in [0.1, 0.15) is 5.75 Å². The predicted octanol–water partition coefficient (Wildman–Crippen LogP) is 2.64. The van der Waals surface area contributed by atoms with Crippen LogP contribution in [0.3, 0.4) is 0 Å². The van der Waals surface area contributed by atoms with Gasteiger partial charge in [-0.25, -0.2) is 0 Å². The van der Waals surface area contributed by atoms with Crippen LogP contribution in [0.4, 0.5) is 5.69 Å². The zero-order valence-electron chi connectivity index (χ0n) is 11.2. The normalized spacial score (nSPS) is 10.7. The molecule has 0 unspecified atom stereocenters. The molecule has 0 saturated carbocycles. The van der Waals surface area contributed by atoms with Crippen molar-refractivity contribution in [3.05, 3.63) is 23.8 Å². The molecule has 0 aliphatic rings. The summed E-state index contributed by atoms with van der Waals surface area (Å²) in [4.78, 5) is 2.13. The fourth-order valence-electron chi connectivity index (χ4n) is 1.79. The number of benzene rings is 1. The highest BCUT2D eigenvalue weighted by Crippen LogP contribution is 2.31. The number of aliphatic hydroxyl groups excluding tert-OH is 1. The third kappa shape index (κ3) is 3.63. The number of hydrogen-bond acceptors (Lipinski definition) is 3. The third-order valence-corrected chi connectivity index (χ3v) is 2.93. The smallest absolute Gasteiger partial charge is 0.142 e. The summed E-state index contributed by atoms with van der Waals surface area (Å²) in [7, 11) is 3.71. The van der Waals surface area contributed by atoms with Crippen LogP contribution in [0.5, 0.6) is 5.75 Å². The molecular weight excluding hydrogens is 214 g/mol. The maximum atomic E-state index is 8.87. The molecule has 0 aliphatic heterocycles. The first-order chi connectivity index (χ1) is 8.10. The topological polar surface area (TPSA) is 32.7 Å². The zero-order valence-corrected chi connectivity index (χ0v) is 11.2. The quantitative estimate of drug-likeness (QED) is 0.825. The largest absolute Gasteiger partial charge is 0.495 e. The summed E-state index contributed by atoms with van der Waals surface area (Å²) in [6.45, 7) is 5.41. The van der Waals surface area contributed by atoms with Gasteiger partial charge in [0, 0.05) is 20.2 Å². The van der Waals surface area contributed by atoms with E-state index < -0.39 is 0 Å². The maximum Gasteiger partial charge on any atom is 0.142 e. The lowest BCUT2D eigenvalue weighted by molar-refractivity contribution is 0.290. The van der Waals surface area contributed by atoms with Crippen molar-refractivity contribution in [2.24, 2.45) is 0 Å². The van der Waals surface area contributed by atoms with Gasteiger partial charge in [0.05, 0.1) is 12.8 Å². The Morgan fingerprint density at radius 1 is 1.35 bits per heavy atom. The number of hydrogen-bond donors (Lipinski definition) is 1. The van der Waals surface area contributed by atoms with Gasteiger partial charge in [0.2, 0.25) is 0 Å². The van der Waals surface area contributed by atoms with Gasteiger partial charge in [0.25, 0.3) is 0 Å². The van der Waals surface area contributed by atoms with Crippen LogP contribution in [0.25, 0.3) is 0 Å². The van der Waals surface area contributed by atoms with Crippen LogP contribution in [0.15, 0.2) is 18.2 Å². The van der Waals surface area contributed by atoms with Gasteiger partial charge in [-0.15, -0.1) is 0 Å². The highest BCUT2D eigenvalue weighted by molar-refractivity contribution is 5.60. The van der Waals surface area contributed by atoms with E-state index in [1.54, 1.807) is 7.11 Å². The van der Waals surface area contributed by atoms with Crippen molar-refractivity contribution in [3.63, 3.8) is 0 Å². The molecule has 0 aliphatic carbocycles. The summed E-state index contributed by atoms with van der Waals surface area (Å²) in [6, 6.07) is 6.29. The molecule has 0 spiro atoms. The van der Waals surface area contributed by atoms with Crippen molar-refractivity contribution in [2.45, 2.75) is 26.2 Å². The van der Waals surface area contributed by atoms with Crippen molar-refractivity contribution in [1.82, 2.24) is 0 Å². The average Bonchev–Trinajstić information content (AvgIpc) is 2.34. The number of nitrogens with zero attached hydrogens (tertiary/aromatic N) is 1. The average molecular weight is 237 g/mol. The van der Waals surface area contributed by atoms with E-state index in [0.29, 0.717) is 5.92 Å². The molecular formula is C14H23NO2. The molecule has 1 rings (SSSR count). The Labute approximate surface area is 104 Å². The minimum Gasteiger partial charge on any atom is -0.495 e. The number of methoxy groups -OCH3 is 1. The van der Waals surface area contributed by atoms with E-state index in [1.807, 2.05) is 13.1 Å². The van der Waals surface area contributed by atoms with Crippen LogP contribution in [-0.2, 0) is 0 Å². The molecule has 0 amide bonds. The highest BCUT2D eigenvalue weighted by Gasteiger charge is 2.10. The fourth-order valence-corrected chi connectivity index (χ4v) is 1.79. The molecule has 0 fully saturated rings.